The van der Waals surface area contributed by atoms with Crippen LogP contribution in [0.4, 0.5) is 5.82 Å². The summed E-state index contributed by atoms with van der Waals surface area (Å²) in [5, 5.41) is 6.87. The molecular weight excluding hydrogens is 454 g/mol. The number of aromatic amines is 1. The number of benzene rings is 1. The second-order valence-electron chi connectivity index (χ2n) is 10.5. The molecule has 9 heteroatoms. The average Bonchev–Trinajstić information content (AvgIpc) is 3.48. The fraction of sp³-hybridized carbons (Fsp3) is 0.407. The Morgan fingerprint density at radius 1 is 1.19 bits per heavy atom. The first-order valence-corrected chi connectivity index (χ1v) is 12.6. The molecule has 0 radical (unpaired) electrons. The number of nitrogens with one attached hydrogen (secondary N) is 1. The van der Waals surface area contributed by atoms with Gasteiger partial charge in [-0.1, -0.05) is 12.6 Å². The summed E-state index contributed by atoms with van der Waals surface area (Å²) in [4.78, 5) is 28.4. The van der Waals surface area contributed by atoms with Crippen LogP contribution in [0.15, 0.2) is 49.4 Å². The molecule has 1 amide bonds. The lowest BCUT2D eigenvalue weighted by molar-refractivity contribution is -0.150. The van der Waals surface area contributed by atoms with Crippen molar-refractivity contribution in [3.63, 3.8) is 0 Å². The Bertz CT molecular complexity index is 1470. The van der Waals surface area contributed by atoms with Crippen LogP contribution in [0.3, 0.4) is 0 Å². The number of anilines is 1. The quantitative estimate of drug-likeness (QED) is 0.438. The van der Waals surface area contributed by atoms with Crippen LogP contribution in [0.25, 0.3) is 33.2 Å². The third-order valence-electron chi connectivity index (χ3n) is 8.08. The zero-order valence-corrected chi connectivity index (χ0v) is 20.2. The van der Waals surface area contributed by atoms with E-state index >= 15 is 0 Å². The molecule has 9 nitrogen and oxygen atoms in total. The number of amides is 1. The van der Waals surface area contributed by atoms with Gasteiger partial charge in [0, 0.05) is 49.2 Å². The Labute approximate surface area is 208 Å². The van der Waals surface area contributed by atoms with Crippen LogP contribution in [0.2, 0.25) is 0 Å². The first-order chi connectivity index (χ1) is 17.6. The zero-order chi connectivity index (χ0) is 24.3. The maximum atomic E-state index is 11.8. The lowest BCUT2D eigenvalue weighted by Gasteiger charge is -2.59. The highest BCUT2D eigenvalue weighted by atomic mass is 16.5. The van der Waals surface area contributed by atoms with Crippen molar-refractivity contribution in [3.05, 3.63) is 49.4 Å². The van der Waals surface area contributed by atoms with Gasteiger partial charge in [0.2, 0.25) is 5.91 Å². The number of hydrogen-bond donors (Lipinski definition) is 1. The second kappa shape index (κ2) is 8.16. The predicted octanol–water partition coefficient (Wildman–Crippen LogP) is 3.24. The average molecular weight is 484 g/mol. The highest BCUT2D eigenvalue weighted by Crippen LogP contribution is 2.52. The van der Waals surface area contributed by atoms with E-state index in [1.165, 1.54) is 6.08 Å². The predicted molar refractivity (Wildman–Crippen MR) is 138 cm³/mol. The van der Waals surface area contributed by atoms with Crippen LogP contribution < -0.4 is 4.90 Å². The van der Waals surface area contributed by atoms with E-state index in [4.69, 9.17) is 9.84 Å². The highest BCUT2D eigenvalue weighted by Gasteiger charge is 2.53. The largest absolute Gasteiger partial charge is 0.378 e. The maximum absolute atomic E-state index is 11.8. The van der Waals surface area contributed by atoms with Gasteiger partial charge in [-0.05, 0) is 48.6 Å². The van der Waals surface area contributed by atoms with Gasteiger partial charge in [0.05, 0.1) is 30.3 Å². The summed E-state index contributed by atoms with van der Waals surface area (Å²) in [6, 6.07) is 8.66. The second-order valence-corrected chi connectivity index (χ2v) is 10.5. The van der Waals surface area contributed by atoms with Crippen LogP contribution in [-0.2, 0) is 16.1 Å². The molecule has 36 heavy (non-hydrogen) atoms. The molecule has 1 N–H and O–H groups in total. The Morgan fingerprint density at radius 3 is 2.83 bits per heavy atom. The molecule has 3 aromatic heterocycles. The van der Waals surface area contributed by atoms with Crippen molar-refractivity contribution in [3.8, 4) is 11.3 Å². The number of H-pyrrole nitrogens is 1. The number of rotatable bonds is 5. The summed E-state index contributed by atoms with van der Waals surface area (Å²) < 4.78 is 7.64. The SMILES string of the molecule is C=CC(=O)N1CC2(CC(Cn3ncc4cc(-c5cc6c(N7CCOCC7)ncnc6[nH]5)ccc43)C2)C1. The van der Waals surface area contributed by atoms with Gasteiger partial charge in [-0.2, -0.15) is 5.10 Å². The molecule has 1 aliphatic carbocycles. The lowest BCUT2D eigenvalue weighted by Crippen LogP contribution is -2.63. The molecule has 1 saturated carbocycles. The summed E-state index contributed by atoms with van der Waals surface area (Å²) in [6.07, 6.45) is 7.33. The maximum Gasteiger partial charge on any atom is 0.245 e. The topological polar surface area (TPSA) is 92.2 Å². The van der Waals surface area contributed by atoms with Crippen molar-refractivity contribution in [2.75, 3.05) is 44.3 Å². The first kappa shape index (κ1) is 21.6. The number of carbonyl (C=O) groups excluding carboxylic acids is 1. The van der Waals surface area contributed by atoms with Crippen molar-refractivity contribution in [1.82, 2.24) is 29.6 Å². The van der Waals surface area contributed by atoms with Crippen molar-refractivity contribution in [2.24, 2.45) is 11.3 Å². The van der Waals surface area contributed by atoms with Crippen LogP contribution in [0.1, 0.15) is 12.8 Å². The number of likely N-dealkylation sites (tertiary alicyclic amines) is 1. The smallest absolute Gasteiger partial charge is 0.245 e. The molecule has 3 fully saturated rings. The summed E-state index contributed by atoms with van der Waals surface area (Å²) in [6.45, 7) is 9.38. The standard InChI is InChI=1S/C27H29N7O2/c1-2-24(35)33-15-27(16-33)11-18(12-27)14-34-23-4-3-19(9-20(23)13-30-34)22-10-21-25(31-22)28-17-29-26(21)32-5-7-36-8-6-32/h2-4,9-10,13,17-18H,1,5-8,11-12,14-16H2,(H,28,29,31). The van der Waals surface area contributed by atoms with Gasteiger partial charge in [0.1, 0.15) is 17.8 Å². The van der Waals surface area contributed by atoms with Crippen molar-refractivity contribution >= 4 is 33.7 Å². The Kier molecular flexibility index (Phi) is 4.89. The number of morpholine rings is 1. The Hall–Kier alpha value is -3.72. The number of ether oxygens (including phenoxy) is 1. The fourth-order valence-corrected chi connectivity index (χ4v) is 6.35. The van der Waals surface area contributed by atoms with Gasteiger partial charge in [0.25, 0.3) is 0 Å². The highest BCUT2D eigenvalue weighted by molar-refractivity contribution is 5.93. The van der Waals surface area contributed by atoms with Crippen LogP contribution in [-0.4, -0.2) is 74.9 Å². The normalized spacial score (nSPS) is 19.6. The third kappa shape index (κ3) is 3.49. The summed E-state index contributed by atoms with van der Waals surface area (Å²) in [7, 11) is 0. The molecule has 0 atom stereocenters. The molecule has 1 spiro atoms. The van der Waals surface area contributed by atoms with Gasteiger partial charge >= 0.3 is 0 Å². The molecule has 0 bridgehead atoms. The lowest BCUT2D eigenvalue weighted by atomic mass is 9.57. The Balaban J connectivity index is 1.08. The monoisotopic (exact) mass is 483 g/mol. The summed E-state index contributed by atoms with van der Waals surface area (Å²) in [5.74, 6) is 1.62. The van der Waals surface area contributed by atoms with Crippen LogP contribution >= 0.6 is 0 Å². The minimum absolute atomic E-state index is 0.0530. The number of aromatic nitrogens is 5. The number of fused-ring (bicyclic) bond motifs is 2. The third-order valence-corrected chi connectivity index (χ3v) is 8.08. The minimum atomic E-state index is 0.0530. The van der Waals surface area contributed by atoms with E-state index in [1.54, 1.807) is 6.33 Å². The number of carbonyl (C=O) groups is 1. The molecule has 184 valence electrons. The molecule has 2 aliphatic heterocycles. The van der Waals surface area contributed by atoms with E-state index in [0.29, 0.717) is 11.3 Å². The summed E-state index contributed by atoms with van der Waals surface area (Å²) >= 11 is 0. The minimum Gasteiger partial charge on any atom is -0.378 e. The Morgan fingerprint density at radius 2 is 2.03 bits per heavy atom. The molecule has 7 rings (SSSR count). The van der Waals surface area contributed by atoms with Crippen molar-refractivity contribution in [1.29, 1.82) is 0 Å². The first-order valence-electron chi connectivity index (χ1n) is 12.6. The van der Waals surface area contributed by atoms with Crippen LogP contribution in [0.5, 0.6) is 0 Å². The number of hydrogen-bond acceptors (Lipinski definition) is 6. The fourth-order valence-electron chi connectivity index (χ4n) is 6.35. The number of nitrogens with zero attached hydrogens (tertiary/aromatic N) is 6. The van der Waals surface area contributed by atoms with Gasteiger partial charge < -0.3 is 19.5 Å². The van der Waals surface area contributed by atoms with E-state index in [9.17, 15) is 4.79 Å². The molecule has 2 saturated heterocycles. The van der Waals surface area contributed by atoms with Crippen molar-refractivity contribution < 1.29 is 9.53 Å². The molecule has 4 aromatic rings. The molecule has 3 aliphatic rings. The molecule has 5 heterocycles. The van der Waals surface area contributed by atoms with E-state index in [-0.39, 0.29) is 5.91 Å². The van der Waals surface area contributed by atoms with Gasteiger partial charge in [0.15, 0.2) is 0 Å². The van der Waals surface area contributed by atoms with E-state index in [2.05, 4.69) is 55.4 Å². The van der Waals surface area contributed by atoms with Crippen LogP contribution in [0, 0.1) is 11.3 Å². The van der Waals surface area contributed by atoms with Gasteiger partial charge in [-0.3, -0.25) is 9.48 Å². The van der Waals surface area contributed by atoms with E-state index in [1.807, 2.05) is 11.1 Å². The van der Waals surface area contributed by atoms with Crippen molar-refractivity contribution in [2.45, 2.75) is 19.4 Å². The van der Waals surface area contributed by atoms with E-state index < -0.39 is 0 Å². The zero-order valence-electron chi connectivity index (χ0n) is 20.2. The molecule has 1 aromatic carbocycles. The molecule has 0 unspecified atom stereocenters. The van der Waals surface area contributed by atoms with E-state index in [0.717, 1.165) is 97.8 Å². The van der Waals surface area contributed by atoms with Gasteiger partial charge in [-0.25, -0.2) is 9.97 Å². The molecular formula is C27H29N7O2. The summed E-state index contributed by atoms with van der Waals surface area (Å²) in [5.41, 5.74) is 4.47. The van der Waals surface area contributed by atoms with Gasteiger partial charge in [-0.15, -0.1) is 0 Å².